The summed E-state index contributed by atoms with van der Waals surface area (Å²) in [4.78, 5) is 26.4. The first-order chi connectivity index (χ1) is 12.7. The van der Waals surface area contributed by atoms with E-state index in [0.29, 0.717) is 17.8 Å². The number of nitrogens with zero attached hydrogens (tertiary/aromatic N) is 3. The highest BCUT2D eigenvalue weighted by Crippen LogP contribution is 2.29. The molecule has 0 aliphatic carbocycles. The second-order valence-corrected chi connectivity index (χ2v) is 5.73. The maximum absolute atomic E-state index is 12.7. The number of pyridine rings is 1. The van der Waals surface area contributed by atoms with Gasteiger partial charge in [-0.25, -0.2) is 4.98 Å². The van der Waals surface area contributed by atoms with E-state index in [9.17, 15) is 28.1 Å². The Balaban J connectivity index is 1.64. The molecule has 0 aliphatic heterocycles. The number of carbonyl (C=O) groups is 1. The number of amides is 1. The van der Waals surface area contributed by atoms with Crippen molar-refractivity contribution < 1.29 is 22.9 Å². The average molecular weight is 378 g/mol. The van der Waals surface area contributed by atoms with Gasteiger partial charge < -0.3 is 9.72 Å². The average Bonchev–Trinajstić information content (AvgIpc) is 3.02. The third-order valence-electron chi connectivity index (χ3n) is 3.81. The van der Waals surface area contributed by atoms with Crippen molar-refractivity contribution in [3.05, 3.63) is 75.7 Å². The molecule has 1 aromatic carbocycles. The van der Waals surface area contributed by atoms with Gasteiger partial charge in [-0.05, 0) is 18.2 Å². The molecule has 0 radical (unpaired) electrons. The van der Waals surface area contributed by atoms with Crippen LogP contribution in [0.4, 0.5) is 18.9 Å². The number of nitrogens with one attached hydrogen (secondary N) is 1. The van der Waals surface area contributed by atoms with E-state index in [-0.39, 0.29) is 17.8 Å². The summed E-state index contributed by atoms with van der Waals surface area (Å²) < 4.78 is 39.5. The van der Waals surface area contributed by atoms with Gasteiger partial charge in [0.25, 0.3) is 11.6 Å². The maximum atomic E-state index is 12.7. The molecule has 1 N–H and O–H groups in total. The quantitative estimate of drug-likeness (QED) is 0.545. The van der Waals surface area contributed by atoms with Crippen LogP contribution in [-0.2, 0) is 12.6 Å². The van der Waals surface area contributed by atoms with Crippen molar-refractivity contribution in [2.45, 2.75) is 12.6 Å². The molecular weight excluding hydrogens is 365 g/mol. The van der Waals surface area contributed by atoms with Crippen molar-refractivity contribution in [3.63, 3.8) is 0 Å². The highest BCUT2D eigenvalue weighted by Gasteiger charge is 2.30. The lowest BCUT2D eigenvalue weighted by Crippen LogP contribution is -2.25. The van der Waals surface area contributed by atoms with E-state index in [4.69, 9.17) is 0 Å². The molecule has 7 nitrogen and oxygen atoms in total. The van der Waals surface area contributed by atoms with Crippen LogP contribution in [0, 0.1) is 10.1 Å². The summed E-state index contributed by atoms with van der Waals surface area (Å²) in [7, 11) is 0. The lowest BCUT2D eigenvalue weighted by Gasteiger charge is -2.05. The summed E-state index contributed by atoms with van der Waals surface area (Å²) in [6, 6.07) is 7.53. The van der Waals surface area contributed by atoms with Crippen LogP contribution in [0.1, 0.15) is 21.6 Å². The number of carbonyl (C=O) groups excluding carboxylic acids is 1. The monoisotopic (exact) mass is 378 g/mol. The molecule has 0 spiro atoms. The Labute approximate surface area is 150 Å². The van der Waals surface area contributed by atoms with Crippen LogP contribution in [0.5, 0.6) is 0 Å². The molecule has 2 heterocycles. The number of nitro groups is 1. The minimum atomic E-state index is -4.44. The summed E-state index contributed by atoms with van der Waals surface area (Å²) in [5.74, 6) is -0.484. The van der Waals surface area contributed by atoms with E-state index in [1.165, 1.54) is 40.9 Å². The van der Waals surface area contributed by atoms with E-state index in [2.05, 4.69) is 10.3 Å². The van der Waals surface area contributed by atoms with Crippen molar-refractivity contribution >= 4 is 17.2 Å². The van der Waals surface area contributed by atoms with Crippen molar-refractivity contribution in [3.8, 4) is 0 Å². The number of halogens is 3. The molecule has 2 aromatic heterocycles. The molecule has 3 aromatic rings. The number of alkyl halides is 3. The Hall–Kier alpha value is -3.43. The van der Waals surface area contributed by atoms with Crippen LogP contribution >= 0.6 is 0 Å². The van der Waals surface area contributed by atoms with Crippen molar-refractivity contribution in [1.82, 2.24) is 14.7 Å². The van der Waals surface area contributed by atoms with Gasteiger partial charge in [0, 0.05) is 43.1 Å². The minimum Gasteiger partial charge on any atom is -0.352 e. The van der Waals surface area contributed by atoms with Crippen molar-refractivity contribution in [2.24, 2.45) is 0 Å². The summed E-state index contributed by atoms with van der Waals surface area (Å²) in [5.41, 5.74) is 0.0482. The molecule has 0 aliphatic rings. The fourth-order valence-electron chi connectivity index (χ4n) is 2.50. The molecule has 1 amide bonds. The third-order valence-corrected chi connectivity index (χ3v) is 3.81. The Bertz CT molecular complexity index is 1010. The van der Waals surface area contributed by atoms with Gasteiger partial charge >= 0.3 is 6.18 Å². The maximum Gasteiger partial charge on any atom is 0.417 e. The molecule has 0 atom stereocenters. The second-order valence-electron chi connectivity index (χ2n) is 5.73. The van der Waals surface area contributed by atoms with Gasteiger partial charge in [0.2, 0.25) is 0 Å². The molecule has 0 unspecified atom stereocenters. The normalized spacial score (nSPS) is 11.5. The number of benzene rings is 1. The smallest absolute Gasteiger partial charge is 0.352 e. The largest absolute Gasteiger partial charge is 0.417 e. The Morgan fingerprint density at radius 3 is 2.70 bits per heavy atom. The van der Waals surface area contributed by atoms with Crippen LogP contribution in [0.3, 0.4) is 0 Å². The van der Waals surface area contributed by atoms with Gasteiger partial charge in [-0.1, -0.05) is 6.07 Å². The Morgan fingerprint density at radius 1 is 1.22 bits per heavy atom. The molecule has 27 heavy (non-hydrogen) atoms. The summed E-state index contributed by atoms with van der Waals surface area (Å²) in [6.07, 6.45) is -1.73. The molecule has 0 bridgehead atoms. The lowest BCUT2D eigenvalue weighted by molar-refractivity contribution is -0.384. The fraction of sp³-hybridized carbons (Fsp3) is 0.176. The first kappa shape index (κ1) is 18.4. The lowest BCUT2D eigenvalue weighted by atomic mass is 10.2. The number of nitro benzene ring substituents is 1. The summed E-state index contributed by atoms with van der Waals surface area (Å²) in [6.45, 7) is 0.178. The molecule has 3 rings (SSSR count). The second kappa shape index (κ2) is 7.06. The molecular formula is C17H13F3N4O3. The summed E-state index contributed by atoms with van der Waals surface area (Å²) in [5, 5.41) is 13.3. The topological polar surface area (TPSA) is 89.5 Å². The van der Waals surface area contributed by atoms with Crippen LogP contribution in [0.25, 0.3) is 5.65 Å². The van der Waals surface area contributed by atoms with E-state index in [1.54, 1.807) is 0 Å². The number of rotatable bonds is 5. The van der Waals surface area contributed by atoms with Gasteiger partial charge in [-0.3, -0.25) is 14.9 Å². The highest BCUT2D eigenvalue weighted by molar-refractivity contribution is 5.94. The zero-order valence-electron chi connectivity index (χ0n) is 13.7. The van der Waals surface area contributed by atoms with Crippen LogP contribution in [0.2, 0.25) is 0 Å². The van der Waals surface area contributed by atoms with Gasteiger partial charge in [0.05, 0.1) is 16.2 Å². The third kappa shape index (κ3) is 4.22. The zero-order valence-corrected chi connectivity index (χ0v) is 13.7. The van der Waals surface area contributed by atoms with Gasteiger partial charge in [0.1, 0.15) is 5.65 Å². The first-order valence-electron chi connectivity index (χ1n) is 7.81. The molecule has 0 saturated carbocycles. The SMILES string of the molecule is O=C(NCCc1cn2cc(C(F)(F)F)ccc2n1)c1cccc([N+](=O)[O-])c1. The minimum absolute atomic E-state index is 0.147. The van der Waals surface area contributed by atoms with E-state index < -0.39 is 22.6 Å². The van der Waals surface area contributed by atoms with E-state index in [1.807, 2.05) is 0 Å². The van der Waals surface area contributed by atoms with Gasteiger partial charge in [0.15, 0.2) is 0 Å². The summed E-state index contributed by atoms with van der Waals surface area (Å²) >= 11 is 0. The van der Waals surface area contributed by atoms with Gasteiger partial charge in [-0.2, -0.15) is 13.2 Å². The zero-order chi connectivity index (χ0) is 19.6. The van der Waals surface area contributed by atoms with Crippen LogP contribution in [0.15, 0.2) is 48.8 Å². The first-order valence-corrected chi connectivity index (χ1v) is 7.81. The molecule has 140 valence electrons. The Morgan fingerprint density at radius 2 is 2.00 bits per heavy atom. The number of aromatic nitrogens is 2. The van der Waals surface area contributed by atoms with Gasteiger partial charge in [-0.15, -0.1) is 0 Å². The molecule has 10 heteroatoms. The number of hydrogen-bond donors (Lipinski definition) is 1. The molecule has 0 fully saturated rings. The number of imidazole rings is 1. The van der Waals surface area contributed by atoms with E-state index >= 15 is 0 Å². The predicted octanol–water partition coefficient (Wildman–Crippen LogP) is 3.23. The fourth-order valence-corrected chi connectivity index (χ4v) is 2.50. The van der Waals surface area contributed by atoms with E-state index in [0.717, 1.165) is 12.3 Å². The number of hydrogen-bond acceptors (Lipinski definition) is 4. The highest BCUT2D eigenvalue weighted by atomic mass is 19.4. The van der Waals surface area contributed by atoms with Crippen molar-refractivity contribution in [2.75, 3.05) is 6.54 Å². The standard InChI is InChI=1S/C17H13F3N4O3/c18-17(19,20)12-4-5-15-22-13(10-23(15)9-12)6-7-21-16(25)11-2-1-3-14(8-11)24(26)27/h1-5,8-10H,6-7H2,(H,21,25). The van der Waals surface area contributed by atoms with Crippen molar-refractivity contribution in [1.29, 1.82) is 0 Å². The molecule has 0 saturated heterocycles. The van der Waals surface area contributed by atoms with Crippen LogP contribution < -0.4 is 5.32 Å². The van der Waals surface area contributed by atoms with Crippen LogP contribution in [-0.4, -0.2) is 26.8 Å². The number of fused-ring (bicyclic) bond motifs is 1. The Kier molecular flexibility index (Phi) is 4.80. The predicted molar refractivity (Wildman–Crippen MR) is 89.3 cm³/mol. The number of non-ortho nitro benzene ring substituents is 1.